The van der Waals surface area contributed by atoms with Crippen molar-refractivity contribution in [1.82, 2.24) is 4.98 Å². The maximum atomic E-state index is 12.7. The van der Waals surface area contributed by atoms with Gasteiger partial charge in [-0.2, -0.15) is 0 Å². The molecule has 0 saturated heterocycles. The lowest BCUT2D eigenvalue weighted by Gasteiger charge is -2.05. The number of thiazole rings is 1. The predicted octanol–water partition coefficient (Wildman–Crippen LogP) is 6.69. The van der Waals surface area contributed by atoms with Crippen LogP contribution in [0.2, 0.25) is 5.02 Å². The number of amides is 1. The third-order valence-electron chi connectivity index (χ3n) is 4.31. The Balaban J connectivity index is 1.73. The molecule has 0 aliphatic rings. The van der Waals surface area contributed by atoms with Crippen LogP contribution in [0.25, 0.3) is 21.8 Å². The fraction of sp³-hybridized carbons (Fsp3) is 0.0435. The second kappa shape index (κ2) is 7.97. The van der Waals surface area contributed by atoms with Crippen molar-refractivity contribution in [2.45, 2.75) is 6.92 Å². The summed E-state index contributed by atoms with van der Waals surface area (Å²) in [7, 11) is 0. The molecule has 3 aromatic carbocycles. The molecule has 138 valence electrons. The Labute approximate surface area is 172 Å². The van der Waals surface area contributed by atoms with Crippen LogP contribution in [-0.4, -0.2) is 10.9 Å². The van der Waals surface area contributed by atoms with Gasteiger partial charge in [0, 0.05) is 21.7 Å². The summed E-state index contributed by atoms with van der Waals surface area (Å²) >= 11 is 7.46. The highest BCUT2D eigenvalue weighted by molar-refractivity contribution is 7.19. The van der Waals surface area contributed by atoms with Crippen molar-refractivity contribution < 1.29 is 4.79 Å². The second-order valence-corrected chi connectivity index (χ2v) is 7.83. The number of nitrogens with zero attached hydrogens (tertiary/aromatic N) is 1. The molecule has 1 amide bonds. The minimum Gasteiger partial charge on any atom is -0.312 e. The number of carbonyl (C=O) groups is 1. The molecule has 0 atom stereocenters. The third kappa shape index (κ3) is 3.98. The van der Waals surface area contributed by atoms with Crippen LogP contribution in [0.15, 0.2) is 78.9 Å². The molecule has 1 N–H and O–H groups in total. The largest absolute Gasteiger partial charge is 0.312 e. The molecule has 1 heterocycles. The lowest BCUT2D eigenvalue weighted by molar-refractivity contribution is 0.102. The van der Waals surface area contributed by atoms with Gasteiger partial charge in [0.1, 0.15) is 15.7 Å². The highest BCUT2D eigenvalue weighted by Crippen LogP contribution is 2.38. The zero-order valence-electron chi connectivity index (χ0n) is 15.1. The third-order valence-corrected chi connectivity index (χ3v) is 5.58. The van der Waals surface area contributed by atoms with Crippen LogP contribution in [-0.2, 0) is 0 Å². The molecule has 0 spiro atoms. The summed E-state index contributed by atoms with van der Waals surface area (Å²) in [6, 6.07) is 24.9. The Bertz CT molecular complexity index is 1100. The Morgan fingerprint density at radius 3 is 2.25 bits per heavy atom. The molecule has 0 fully saturated rings. The molecule has 4 rings (SSSR count). The van der Waals surface area contributed by atoms with Crippen LogP contribution >= 0.6 is 22.9 Å². The Kier molecular flexibility index (Phi) is 5.24. The normalized spacial score (nSPS) is 10.6. The van der Waals surface area contributed by atoms with Crippen LogP contribution in [0.3, 0.4) is 0 Å². The standard InChI is InChI=1S/C23H17ClN2OS/c1-15-7-9-17(10-8-15)21(27)26-23-20(16-5-3-2-4-6-16)25-22(28-23)18-11-13-19(24)14-12-18/h2-14H,1H3,(H,26,27). The summed E-state index contributed by atoms with van der Waals surface area (Å²) in [5.41, 5.74) is 4.41. The van der Waals surface area contributed by atoms with Gasteiger partial charge in [0.15, 0.2) is 0 Å². The van der Waals surface area contributed by atoms with E-state index in [1.54, 1.807) is 0 Å². The van der Waals surface area contributed by atoms with Gasteiger partial charge in [-0.15, -0.1) is 0 Å². The first-order valence-corrected chi connectivity index (χ1v) is 10.00. The van der Waals surface area contributed by atoms with Gasteiger partial charge >= 0.3 is 0 Å². The molecule has 3 nitrogen and oxygen atoms in total. The number of aromatic nitrogens is 1. The summed E-state index contributed by atoms with van der Waals surface area (Å²) in [6.07, 6.45) is 0. The molecule has 0 aliphatic heterocycles. The van der Waals surface area contributed by atoms with E-state index in [0.717, 1.165) is 32.4 Å². The molecule has 1 aromatic heterocycles. The summed E-state index contributed by atoms with van der Waals surface area (Å²) in [5, 5.41) is 5.27. The number of carbonyl (C=O) groups excluding carboxylic acids is 1. The zero-order chi connectivity index (χ0) is 19.5. The second-order valence-electron chi connectivity index (χ2n) is 6.39. The van der Waals surface area contributed by atoms with Gasteiger partial charge in [-0.3, -0.25) is 4.79 Å². The van der Waals surface area contributed by atoms with Gasteiger partial charge in [0.25, 0.3) is 5.91 Å². The van der Waals surface area contributed by atoms with Gasteiger partial charge < -0.3 is 5.32 Å². The Hall–Kier alpha value is -2.95. The van der Waals surface area contributed by atoms with E-state index in [1.165, 1.54) is 11.3 Å². The lowest BCUT2D eigenvalue weighted by Crippen LogP contribution is -2.11. The van der Waals surface area contributed by atoms with Crippen LogP contribution in [0, 0.1) is 6.92 Å². The molecular formula is C23H17ClN2OS. The molecule has 0 radical (unpaired) electrons. The number of anilines is 1. The molecule has 0 unspecified atom stereocenters. The molecule has 5 heteroatoms. The average Bonchev–Trinajstić information content (AvgIpc) is 3.13. The summed E-state index contributed by atoms with van der Waals surface area (Å²) < 4.78 is 0. The van der Waals surface area contributed by atoms with Crippen molar-refractivity contribution in [2.75, 3.05) is 5.32 Å². The molecule has 0 aliphatic carbocycles. The first kappa shape index (κ1) is 18.4. The van der Waals surface area contributed by atoms with E-state index < -0.39 is 0 Å². The first-order chi connectivity index (χ1) is 13.6. The van der Waals surface area contributed by atoms with E-state index >= 15 is 0 Å². The van der Waals surface area contributed by atoms with Crippen molar-refractivity contribution in [1.29, 1.82) is 0 Å². The van der Waals surface area contributed by atoms with Crippen molar-refractivity contribution in [3.8, 4) is 21.8 Å². The van der Waals surface area contributed by atoms with Crippen molar-refractivity contribution in [3.63, 3.8) is 0 Å². The van der Waals surface area contributed by atoms with Gasteiger partial charge in [-0.25, -0.2) is 4.98 Å². The zero-order valence-corrected chi connectivity index (χ0v) is 16.7. The molecule has 0 saturated carbocycles. The number of hydrogen-bond donors (Lipinski definition) is 1. The minimum absolute atomic E-state index is 0.150. The summed E-state index contributed by atoms with van der Waals surface area (Å²) in [5.74, 6) is -0.150. The highest BCUT2D eigenvalue weighted by atomic mass is 35.5. The predicted molar refractivity (Wildman–Crippen MR) is 117 cm³/mol. The van der Waals surface area contributed by atoms with Crippen molar-refractivity contribution in [3.05, 3.63) is 95.0 Å². The maximum absolute atomic E-state index is 12.7. The monoisotopic (exact) mass is 404 g/mol. The van der Waals surface area contributed by atoms with E-state index in [9.17, 15) is 4.79 Å². The van der Waals surface area contributed by atoms with Crippen LogP contribution in [0.5, 0.6) is 0 Å². The minimum atomic E-state index is -0.150. The van der Waals surface area contributed by atoms with Gasteiger partial charge in [0.05, 0.1) is 0 Å². The number of hydrogen-bond acceptors (Lipinski definition) is 3. The smallest absolute Gasteiger partial charge is 0.256 e. The van der Waals surface area contributed by atoms with E-state index in [0.29, 0.717) is 10.6 Å². The van der Waals surface area contributed by atoms with Gasteiger partial charge in [0.2, 0.25) is 0 Å². The Morgan fingerprint density at radius 1 is 0.893 bits per heavy atom. The maximum Gasteiger partial charge on any atom is 0.256 e. The number of halogens is 1. The highest BCUT2D eigenvalue weighted by Gasteiger charge is 2.17. The van der Waals surface area contributed by atoms with Crippen LogP contribution in [0.1, 0.15) is 15.9 Å². The van der Waals surface area contributed by atoms with E-state index in [2.05, 4.69) is 5.32 Å². The van der Waals surface area contributed by atoms with Crippen LogP contribution in [0.4, 0.5) is 5.00 Å². The fourth-order valence-corrected chi connectivity index (χ4v) is 3.91. The molecule has 0 bridgehead atoms. The quantitative estimate of drug-likeness (QED) is 0.411. The van der Waals surface area contributed by atoms with Crippen molar-refractivity contribution >= 4 is 33.8 Å². The Morgan fingerprint density at radius 2 is 1.57 bits per heavy atom. The number of aryl methyl sites for hydroxylation is 1. The van der Waals surface area contributed by atoms with E-state index in [-0.39, 0.29) is 5.91 Å². The van der Waals surface area contributed by atoms with E-state index in [4.69, 9.17) is 16.6 Å². The molecule has 28 heavy (non-hydrogen) atoms. The van der Waals surface area contributed by atoms with Gasteiger partial charge in [-0.05, 0) is 31.2 Å². The fourth-order valence-electron chi connectivity index (χ4n) is 2.79. The number of nitrogens with one attached hydrogen (secondary N) is 1. The summed E-state index contributed by atoms with van der Waals surface area (Å²) in [6.45, 7) is 2.00. The molecular weight excluding hydrogens is 388 g/mol. The van der Waals surface area contributed by atoms with Crippen LogP contribution < -0.4 is 5.32 Å². The lowest BCUT2D eigenvalue weighted by atomic mass is 10.1. The van der Waals surface area contributed by atoms with E-state index in [1.807, 2.05) is 85.8 Å². The number of rotatable bonds is 4. The summed E-state index contributed by atoms with van der Waals surface area (Å²) in [4.78, 5) is 17.6. The average molecular weight is 405 g/mol. The topological polar surface area (TPSA) is 42.0 Å². The van der Waals surface area contributed by atoms with Crippen molar-refractivity contribution in [2.24, 2.45) is 0 Å². The molecule has 4 aromatic rings. The number of benzene rings is 3. The first-order valence-electron chi connectivity index (χ1n) is 8.80. The SMILES string of the molecule is Cc1ccc(C(=O)Nc2sc(-c3ccc(Cl)cc3)nc2-c2ccccc2)cc1. The van der Waals surface area contributed by atoms with Gasteiger partial charge in [-0.1, -0.05) is 83.1 Å².